The van der Waals surface area contributed by atoms with Gasteiger partial charge in [0.15, 0.2) is 0 Å². The zero-order valence-corrected chi connectivity index (χ0v) is 5.95. The van der Waals surface area contributed by atoms with E-state index in [2.05, 4.69) is 0 Å². The molecule has 52 valence electrons. The maximum atomic E-state index is 10.8. The molecule has 0 aromatic rings. The highest BCUT2D eigenvalue weighted by Gasteiger charge is 2.04. The van der Waals surface area contributed by atoms with Gasteiger partial charge in [0.1, 0.15) is 5.78 Å². The number of Topliss-reactive ketones (excluding diaryl/α,β-unsaturated/α-hetero) is 1. The second kappa shape index (κ2) is 3.16. The molecule has 1 rings (SSSR count). The standard InChI is InChI=1S/C9H10O/c1-8(10)9-6-4-2-3-5-7-9/h2-7,9H,1H3. The zero-order chi connectivity index (χ0) is 7.40. The van der Waals surface area contributed by atoms with E-state index in [-0.39, 0.29) is 11.7 Å². The molecule has 0 bridgehead atoms. The summed E-state index contributed by atoms with van der Waals surface area (Å²) >= 11 is 0. The predicted octanol–water partition coefficient (Wildman–Crippen LogP) is 1.87. The Hall–Kier alpha value is -1.11. The van der Waals surface area contributed by atoms with E-state index in [0.29, 0.717) is 0 Å². The summed E-state index contributed by atoms with van der Waals surface area (Å²) in [6, 6.07) is 0. The van der Waals surface area contributed by atoms with Crippen LogP contribution < -0.4 is 0 Å². The van der Waals surface area contributed by atoms with Gasteiger partial charge in [-0.2, -0.15) is 0 Å². The third kappa shape index (κ3) is 1.69. The monoisotopic (exact) mass is 134 g/mol. The summed E-state index contributed by atoms with van der Waals surface area (Å²) in [6.07, 6.45) is 11.4. The maximum absolute atomic E-state index is 10.8. The molecular weight excluding hydrogens is 124 g/mol. The number of hydrogen-bond acceptors (Lipinski definition) is 1. The van der Waals surface area contributed by atoms with Crippen LogP contribution in [0.2, 0.25) is 0 Å². The number of hydrogen-bond donors (Lipinski definition) is 0. The molecule has 10 heavy (non-hydrogen) atoms. The Balaban J connectivity index is 2.72. The summed E-state index contributed by atoms with van der Waals surface area (Å²) < 4.78 is 0. The molecule has 0 saturated carbocycles. The average Bonchev–Trinajstić information content (AvgIpc) is 2.12. The lowest BCUT2D eigenvalue weighted by atomic mass is 10.1. The molecule has 0 N–H and O–H groups in total. The van der Waals surface area contributed by atoms with Gasteiger partial charge in [-0.15, -0.1) is 0 Å². The third-order valence-corrected chi connectivity index (χ3v) is 1.44. The SMILES string of the molecule is CC(=O)C1C=CC=CC=C1. The lowest BCUT2D eigenvalue weighted by Gasteiger charge is -1.97. The molecule has 0 spiro atoms. The van der Waals surface area contributed by atoms with Crippen LogP contribution >= 0.6 is 0 Å². The summed E-state index contributed by atoms with van der Waals surface area (Å²) in [6.45, 7) is 1.60. The number of ketones is 1. The minimum absolute atomic E-state index is 0.0185. The molecule has 1 heteroatoms. The minimum Gasteiger partial charge on any atom is -0.299 e. The van der Waals surface area contributed by atoms with Crippen LogP contribution in [-0.4, -0.2) is 5.78 Å². The van der Waals surface area contributed by atoms with Gasteiger partial charge in [-0.1, -0.05) is 36.5 Å². The molecule has 1 aliphatic rings. The van der Waals surface area contributed by atoms with Crippen molar-refractivity contribution in [3.8, 4) is 0 Å². The molecule has 0 aromatic carbocycles. The van der Waals surface area contributed by atoms with Crippen LogP contribution in [0, 0.1) is 5.92 Å². The van der Waals surface area contributed by atoms with Crippen LogP contribution in [0.5, 0.6) is 0 Å². The molecule has 1 aliphatic carbocycles. The molecule has 0 saturated heterocycles. The normalized spacial score (nSPS) is 17.3. The summed E-state index contributed by atoms with van der Waals surface area (Å²) in [5.41, 5.74) is 0. The van der Waals surface area contributed by atoms with Crippen molar-refractivity contribution in [2.75, 3.05) is 0 Å². The van der Waals surface area contributed by atoms with Crippen LogP contribution in [0.3, 0.4) is 0 Å². The summed E-state index contributed by atoms with van der Waals surface area (Å²) in [5.74, 6) is 0.172. The number of allylic oxidation sites excluding steroid dienone is 6. The largest absolute Gasteiger partial charge is 0.299 e. The van der Waals surface area contributed by atoms with Crippen molar-refractivity contribution >= 4 is 5.78 Å². The zero-order valence-electron chi connectivity index (χ0n) is 5.95. The first-order valence-electron chi connectivity index (χ1n) is 3.33. The van der Waals surface area contributed by atoms with Gasteiger partial charge in [-0.05, 0) is 6.92 Å². The third-order valence-electron chi connectivity index (χ3n) is 1.44. The second-order valence-corrected chi connectivity index (χ2v) is 2.29. The first-order chi connectivity index (χ1) is 4.80. The van der Waals surface area contributed by atoms with Crippen LogP contribution in [-0.2, 0) is 4.79 Å². The Bertz CT molecular complexity index is 193. The van der Waals surface area contributed by atoms with Crippen molar-refractivity contribution in [3.05, 3.63) is 36.5 Å². The first kappa shape index (κ1) is 7.00. The van der Waals surface area contributed by atoms with Gasteiger partial charge in [0.2, 0.25) is 0 Å². The summed E-state index contributed by atoms with van der Waals surface area (Å²) in [4.78, 5) is 10.8. The van der Waals surface area contributed by atoms with Gasteiger partial charge in [-0.3, -0.25) is 4.79 Å². The maximum Gasteiger partial charge on any atom is 0.140 e. The van der Waals surface area contributed by atoms with Crippen LogP contribution in [0.15, 0.2) is 36.5 Å². The first-order valence-corrected chi connectivity index (χ1v) is 3.33. The Morgan fingerprint density at radius 2 is 1.60 bits per heavy atom. The average molecular weight is 134 g/mol. The second-order valence-electron chi connectivity index (χ2n) is 2.29. The summed E-state index contributed by atoms with van der Waals surface area (Å²) in [7, 11) is 0. The van der Waals surface area contributed by atoms with E-state index in [9.17, 15) is 4.79 Å². The van der Waals surface area contributed by atoms with Gasteiger partial charge in [0.05, 0.1) is 5.92 Å². The number of carbonyl (C=O) groups is 1. The Morgan fingerprint density at radius 1 is 1.10 bits per heavy atom. The summed E-state index contributed by atoms with van der Waals surface area (Å²) in [5, 5.41) is 0. The minimum atomic E-state index is -0.0185. The topological polar surface area (TPSA) is 17.1 Å². The fraction of sp³-hybridized carbons (Fsp3) is 0.222. The van der Waals surface area contributed by atoms with E-state index in [0.717, 1.165) is 0 Å². The predicted molar refractivity (Wildman–Crippen MR) is 41.6 cm³/mol. The molecule has 0 aromatic heterocycles. The lowest BCUT2D eigenvalue weighted by Crippen LogP contribution is -2.03. The van der Waals surface area contributed by atoms with Crippen molar-refractivity contribution in [3.63, 3.8) is 0 Å². The van der Waals surface area contributed by atoms with Crippen molar-refractivity contribution < 1.29 is 4.79 Å². The van der Waals surface area contributed by atoms with E-state index < -0.39 is 0 Å². The quantitative estimate of drug-likeness (QED) is 0.535. The molecule has 0 amide bonds. The van der Waals surface area contributed by atoms with E-state index in [1.54, 1.807) is 6.92 Å². The smallest absolute Gasteiger partial charge is 0.140 e. The fourth-order valence-electron chi connectivity index (χ4n) is 0.831. The van der Waals surface area contributed by atoms with Gasteiger partial charge < -0.3 is 0 Å². The molecule has 1 nitrogen and oxygen atoms in total. The van der Waals surface area contributed by atoms with Crippen molar-refractivity contribution in [2.45, 2.75) is 6.92 Å². The molecule has 0 unspecified atom stereocenters. The number of carbonyl (C=O) groups excluding carboxylic acids is 1. The van der Waals surface area contributed by atoms with Gasteiger partial charge in [0.25, 0.3) is 0 Å². The molecule has 0 fully saturated rings. The van der Waals surface area contributed by atoms with Crippen LogP contribution in [0.4, 0.5) is 0 Å². The van der Waals surface area contributed by atoms with E-state index in [1.165, 1.54) is 0 Å². The number of rotatable bonds is 1. The Kier molecular flexibility index (Phi) is 2.21. The Morgan fingerprint density at radius 3 is 2.00 bits per heavy atom. The van der Waals surface area contributed by atoms with Crippen molar-refractivity contribution in [2.24, 2.45) is 5.92 Å². The molecule has 0 radical (unpaired) electrons. The van der Waals surface area contributed by atoms with Crippen LogP contribution in [0.25, 0.3) is 0 Å². The van der Waals surface area contributed by atoms with E-state index >= 15 is 0 Å². The Labute approximate surface area is 60.7 Å². The molecule has 0 aliphatic heterocycles. The van der Waals surface area contributed by atoms with Gasteiger partial charge in [-0.25, -0.2) is 0 Å². The highest BCUT2D eigenvalue weighted by Crippen LogP contribution is 2.05. The van der Waals surface area contributed by atoms with Crippen molar-refractivity contribution in [1.82, 2.24) is 0 Å². The fourth-order valence-corrected chi connectivity index (χ4v) is 0.831. The highest BCUT2D eigenvalue weighted by atomic mass is 16.1. The van der Waals surface area contributed by atoms with Gasteiger partial charge >= 0.3 is 0 Å². The van der Waals surface area contributed by atoms with Gasteiger partial charge in [0, 0.05) is 0 Å². The van der Waals surface area contributed by atoms with Crippen LogP contribution in [0.1, 0.15) is 6.92 Å². The van der Waals surface area contributed by atoms with E-state index in [1.807, 2.05) is 36.5 Å². The van der Waals surface area contributed by atoms with E-state index in [4.69, 9.17) is 0 Å². The molecule has 0 atom stereocenters. The lowest BCUT2D eigenvalue weighted by molar-refractivity contribution is -0.118. The molecule has 0 heterocycles. The highest BCUT2D eigenvalue weighted by molar-refractivity contribution is 5.82. The van der Waals surface area contributed by atoms with Crippen molar-refractivity contribution in [1.29, 1.82) is 0 Å². The molecular formula is C9H10O.